The van der Waals surface area contributed by atoms with Gasteiger partial charge in [0, 0.05) is 6.20 Å². The quantitative estimate of drug-likeness (QED) is 0.594. The molecule has 1 atom stereocenters. The van der Waals surface area contributed by atoms with Crippen molar-refractivity contribution < 1.29 is 4.79 Å². The number of hydrogen-bond donors (Lipinski definition) is 2. The molecule has 0 bridgehead atoms. The first kappa shape index (κ1) is 8.55. The number of primary amides is 1. The second-order valence-corrected chi connectivity index (χ2v) is 3.91. The van der Waals surface area contributed by atoms with Crippen LogP contribution in [0.1, 0.15) is 6.42 Å². The van der Waals surface area contributed by atoms with Crippen molar-refractivity contribution in [2.45, 2.75) is 12.0 Å². The van der Waals surface area contributed by atoms with Gasteiger partial charge in [-0.3, -0.25) is 4.90 Å². The highest BCUT2D eigenvalue weighted by Crippen LogP contribution is 2.41. The van der Waals surface area contributed by atoms with Gasteiger partial charge in [0.1, 0.15) is 5.54 Å². The third-order valence-corrected chi connectivity index (χ3v) is 3.17. The Kier molecular flexibility index (Phi) is 1.50. The standard InChI is InChI=1S/C10H12N4O/c11-9(15)13-7-14-10(5-6-12-14)4-2-1-3-8(10)13/h1-3,5-6,12H,4,7H2,(H2,11,15). The number of rotatable bonds is 0. The number of carbonyl (C=O) groups is 1. The van der Waals surface area contributed by atoms with Gasteiger partial charge in [-0.25, -0.2) is 4.79 Å². The van der Waals surface area contributed by atoms with Gasteiger partial charge in [-0.15, -0.1) is 0 Å². The van der Waals surface area contributed by atoms with Gasteiger partial charge in [0.2, 0.25) is 0 Å². The number of hydrogen-bond acceptors (Lipinski definition) is 3. The van der Waals surface area contributed by atoms with Crippen LogP contribution in [0.2, 0.25) is 0 Å². The molecule has 2 aliphatic heterocycles. The number of amides is 2. The van der Waals surface area contributed by atoms with Crippen LogP contribution in [0.3, 0.4) is 0 Å². The van der Waals surface area contributed by atoms with Gasteiger partial charge in [0.05, 0.1) is 12.4 Å². The Balaban J connectivity index is 2.09. The van der Waals surface area contributed by atoms with Gasteiger partial charge in [0.15, 0.2) is 0 Å². The summed E-state index contributed by atoms with van der Waals surface area (Å²) >= 11 is 0. The van der Waals surface area contributed by atoms with Gasteiger partial charge in [-0.1, -0.05) is 12.2 Å². The third kappa shape index (κ3) is 0.928. The fraction of sp³-hybridized carbons (Fsp3) is 0.300. The van der Waals surface area contributed by atoms with E-state index in [4.69, 9.17) is 5.73 Å². The van der Waals surface area contributed by atoms with E-state index >= 15 is 0 Å². The Morgan fingerprint density at radius 3 is 3.27 bits per heavy atom. The predicted octanol–water partition coefficient (Wildman–Crippen LogP) is 0.255. The van der Waals surface area contributed by atoms with Gasteiger partial charge in [-0.05, 0) is 18.6 Å². The predicted molar refractivity (Wildman–Crippen MR) is 55.0 cm³/mol. The number of hydrazine groups is 1. The molecule has 0 aromatic rings. The summed E-state index contributed by atoms with van der Waals surface area (Å²) in [6, 6.07) is -0.402. The van der Waals surface area contributed by atoms with Crippen LogP contribution in [0.5, 0.6) is 0 Å². The summed E-state index contributed by atoms with van der Waals surface area (Å²) in [5, 5.41) is 2.02. The second kappa shape index (κ2) is 2.64. The molecule has 0 radical (unpaired) electrons. The van der Waals surface area contributed by atoms with E-state index in [1.165, 1.54) is 0 Å². The van der Waals surface area contributed by atoms with Crippen molar-refractivity contribution in [3.8, 4) is 0 Å². The lowest BCUT2D eigenvalue weighted by molar-refractivity contribution is 0.160. The van der Waals surface area contributed by atoms with E-state index in [0.29, 0.717) is 6.67 Å². The molecule has 0 aromatic heterocycles. The Morgan fingerprint density at radius 2 is 2.47 bits per heavy atom. The van der Waals surface area contributed by atoms with Crippen LogP contribution in [0.4, 0.5) is 4.79 Å². The van der Waals surface area contributed by atoms with Crippen LogP contribution in [0.25, 0.3) is 0 Å². The molecule has 1 unspecified atom stereocenters. The number of urea groups is 1. The van der Waals surface area contributed by atoms with Crippen molar-refractivity contribution in [3.63, 3.8) is 0 Å². The van der Waals surface area contributed by atoms with Gasteiger partial charge >= 0.3 is 6.03 Å². The van der Waals surface area contributed by atoms with E-state index in [1.807, 2.05) is 23.4 Å². The molecule has 5 heteroatoms. The minimum atomic E-state index is -0.402. The number of allylic oxidation sites excluding steroid dienone is 2. The van der Waals surface area contributed by atoms with Crippen molar-refractivity contribution >= 4 is 6.03 Å². The summed E-state index contributed by atoms with van der Waals surface area (Å²) in [4.78, 5) is 12.9. The van der Waals surface area contributed by atoms with E-state index in [0.717, 1.165) is 12.1 Å². The zero-order chi connectivity index (χ0) is 10.5. The molecule has 15 heavy (non-hydrogen) atoms. The molecule has 2 amide bonds. The maximum Gasteiger partial charge on any atom is 0.320 e. The van der Waals surface area contributed by atoms with E-state index in [2.05, 4.69) is 17.6 Å². The van der Waals surface area contributed by atoms with Gasteiger partial charge in [-0.2, -0.15) is 5.01 Å². The average Bonchev–Trinajstić information content (AvgIpc) is 2.70. The number of nitrogens with one attached hydrogen (secondary N) is 1. The molecule has 0 saturated carbocycles. The van der Waals surface area contributed by atoms with Gasteiger partial charge in [0.25, 0.3) is 0 Å². The smallest absolute Gasteiger partial charge is 0.320 e. The van der Waals surface area contributed by atoms with Crippen molar-refractivity contribution in [1.29, 1.82) is 0 Å². The lowest BCUT2D eigenvalue weighted by Gasteiger charge is -2.30. The molecule has 1 aliphatic carbocycles. The topological polar surface area (TPSA) is 61.6 Å². The largest absolute Gasteiger partial charge is 0.351 e. The molecule has 3 rings (SSSR count). The van der Waals surface area contributed by atoms with E-state index < -0.39 is 6.03 Å². The molecule has 2 heterocycles. The first-order valence-electron chi connectivity index (χ1n) is 4.90. The van der Waals surface area contributed by atoms with Gasteiger partial charge < -0.3 is 11.2 Å². The van der Waals surface area contributed by atoms with Crippen molar-refractivity contribution in [2.24, 2.45) is 5.73 Å². The normalized spacial score (nSPS) is 32.3. The lowest BCUT2D eigenvalue weighted by atomic mass is 9.89. The Hall–Kier alpha value is -1.75. The average molecular weight is 204 g/mol. The Labute approximate surface area is 87.5 Å². The molecule has 1 spiro atoms. The minimum absolute atomic E-state index is 0.205. The molecular formula is C10H12N4O. The zero-order valence-electron chi connectivity index (χ0n) is 8.18. The summed E-state index contributed by atoms with van der Waals surface area (Å²) in [6.45, 7) is 0.496. The first-order chi connectivity index (χ1) is 7.24. The summed E-state index contributed by atoms with van der Waals surface area (Å²) in [5.74, 6) is 0. The summed E-state index contributed by atoms with van der Waals surface area (Å²) in [6.07, 6.45) is 10.9. The maximum atomic E-state index is 11.3. The van der Waals surface area contributed by atoms with Crippen LogP contribution in [-0.2, 0) is 0 Å². The Morgan fingerprint density at radius 1 is 1.60 bits per heavy atom. The Bertz CT molecular complexity index is 412. The molecule has 3 N–H and O–H groups in total. The van der Waals surface area contributed by atoms with Crippen molar-refractivity contribution in [1.82, 2.24) is 15.3 Å². The number of nitrogens with two attached hydrogens (primary N) is 1. The summed E-state index contributed by atoms with van der Waals surface area (Å²) < 4.78 is 0. The highest BCUT2D eigenvalue weighted by Gasteiger charge is 2.50. The number of nitrogens with zero attached hydrogens (tertiary/aromatic N) is 2. The minimum Gasteiger partial charge on any atom is -0.351 e. The van der Waals surface area contributed by atoms with Crippen LogP contribution < -0.4 is 11.2 Å². The van der Waals surface area contributed by atoms with Crippen LogP contribution >= 0.6 is 0 Å². The fourth-order valence-electron chi connectivity index (χ4n) is 2.42. The fourth-order valence-corrected chi connectivity index (χ4v) is 2.42. The van der Waals surface area contributed by atoms with Crippen molar-refractivity contribution in [2.75, 3.05) is 6.67 Å². The molecule has 0 aromatic carbocycles. The van der Waals surface area contributed by atoms with Crippen LogP contribution in [-0.4, -0.2) is 28.1 Å². The summed E-state index contributed by atoms with van der Waals surface area (Å²) in [7, 11) is 0. The van der Waals surface area contributed by atoms with E-state index in [1.54, 1.807) is 4.90 Å². The highest BCUT2D eigenvalue weighted by molar-refractivity contribution is 5.76. The molecule has 78 valence electrons. The van der Waals surface area contributed by atoms with Crippen LogP contribution in [0.15, 0.2) is 36.2 Å². The zero-order valence-corrected chi connectivity index (χ0v) is 8.18. The number of carbonyl (C=O) groups excluding carboxylic acids is 1. The molecule has 5 nitrogen and oxygen atoms in total. The third-order valence-electron chi connectivity index (χ3n) is 3.17. The van der Waals surface area contributed by atoms with E-state index in [-0.39, 0.29) is 5.54 Å². The van der Waals surface area contributed by atoms with E-state index in [9.17, 15) is 4.79 Å². The molecule has 1 fully saturated rings. The van der Waals surface area contributed by atoms with Crippen molar-refractivity contribution in [3.05, 3.63) is 36.2 Å². The van der Waals surface area contributed by atoms with Crippen LogP contribution in [0, 0.1) is 0 Å². The molecular weight excluding hydrogens is 192 g/mol. The second-order valence-electron chi connectivity index (χ2n) is 3.91. The SMILES string of the molecule is NC(=O)N1CN2NC=CC23CC=CC=C13. The maximum absolute atomic E-state index is 11.3. The highest BCUT2D eigenvalue weighted by atomic mass is 16.2. The monoisotopic (exact) mass is 204 g/mol. The molecule has 3 aliphatic rings. The summed E-state index contributed by atoms with van der Waals surface area (Å²) in [5.41, 5.74) is 9.22. The molecule has 1 saturated heterocycles. The lowest BCUT2D eigenvalue weighted by Crippen LogP contribution is -2.44. The first-order valence-corrected chi connectivity index (χ1v) is 4.90.